The molecule has 164 valence electrons. The van der Waals surface area contributed by atoms with Crippen LogP contribution in [0.1, 0.15) is 44.2 Å². The van der Waals surface area contributed by atoms with E-state index in [2.05, 4.69) is 5.32 Å². The van der Waals surface area contributed by atoms with Gasteiger partial charge in [0.25, 0.3) is 0 Å². The van der Waals surface area contributed by atoms with Crippen molar-refractivity contribution < 1.29 is 18.0 Å². The first kappa shape index (κ1) is 21.6. The summed E-state index contributed by atoms with van der Waals surface area (Å²) in [6.07, 6.45) is 3.27. The van der Waals surface area contributed by atoms with E-state index in [1.807, 2.05) is 36.9 Å². The summed E-state index contributed by atoms with van der Waals surface area (Å²) < 4.78 is 25.7. The van der Waals surface area contributed by atoms with Gasteiger partial charge in [-0.1, -0.05) is 19.1 Å². The normalized spacial score (nSPS) is 18.0. The molecule has 1 saturated carbocycles. The van der Waals surface area contributed by atoms with Gasteiger partial charge in [-0.2, -0.15) is 0 Å². The number of hydrogen-bond donors (Lipinski definition) is 1. The highest BCUT2D eigenvalue weighted by Gasteiger charge is 2.39. The van der Waals surface area contributed by atoms with Gasteiger partial charge in [0.2, 0.25) is 11.8 Å². The average molecular weight is 441 g/mol. The van der Waals surface area contributed by atoms with Crippen molar-refractivity contribution in [3.63, 3.8) is 0 Å². The summed E-state index contributed by atoms with van der Waals surface area (Å²) in [6.45, 7) is 4.03. The Morgan fingerprint density at radius 3 is 2.61 bits per heavy atom. The van der Waals surface area contributed by atoms with E-state index in [1.54, 1.807) is 24.3 Å². The van der Waals surface area contributed by atoms with Crippen LogP contribution in [0.15, 0.2) is 47.4 Å². The van der Waals surface area contributed by atoms with Gasteiger partial charge in [-0.25, -0.2) is 8.42 Å². The third kappa shape index (κ3) is 4.66. The van der Waals surface area contributed by atoms with Gasteiger partial charge in [-0.15, -0.1) is 0 Å². The van der Waals surface area contributed by atoms with E-state index in [9.17, 15) is 18.0 Å². The van der Waals surface area contributed by atoms with Crippen molar-refractivity contribution in [2.24, 2.45) is 5.92 Å². The van der Waals surface area contributed by atoms with Crippen LogP contribution >= 0.6 is 0 Å². The fraction of sp³-hybridized carbons (Fsp3) is 0.417. The summed E-state index contributed by atoms with van der Waals surface area (Å²) in [5.74, 6) is -0.322. The average Bonchev–Trinajstić information content (AvgIpc) is 3.54. The number of fused-ring (bicyclic) bond motifs is 1. The molecule has 2 aromatic rings. The topological polar surface area (TPSA) is 83.6 Å². The number of amides is 2. The lowest BCUT2D eigenvalue weighted by atomic mass is 10.1. The van der Waals surface area contributed by atoms with E-state index >= 15 is 0 Å². The second-order valence-corrected chi connectivity index (χ2v) is 10.6. The number of carbonyl (C=O) groups excluding carboxylic acids is 2. The minimum Gasteiger partial charge on any atom is -0.326 e. The molecule has 4 rings (SSSR count). The van der Waals surface area contributed by atoms with Gasteiger partial charge in [0.15, 0.2) is 9.84 Å². The summed E-state index contributed by atoms with van der Waals surface area (Å²) in [4.78, 5) is 26.9. The molecule has 2 amide bonds. The number of nitrogens with one attached hydrogen (secondary N) is 1. The molecule has 0 spiro atoms. The Morgan fingerprint density at radius 2 is 1.90 bits per heavy atom. The second kappa shape index (κ2) is 8.46. The van der Waals surface area contributed by atoms with E-state index in [0.29, 0.717) is 12.1 Å². The standard InChI is InChI=1S/C24H28N2O4S/c1-3-17-5-4-6-20(14-17)25-23(27)11-12-31(29,30)21-9-10-22-19(15-21)13-16(2)26(22)24(28)18-7-8-18/h4-6,9-10,14-16,18H,3,7-8,11-13H2,1-2H3,(H,25,27). The molecule has 1 fully saturated rings. The largest absolute Gasteiger partial charge is 0.326 e. The molecule has 1 N–H and O–H groups in total. The fourth-order valence-electron chi connectivity index (χ4n) is 4.10. The summed E-state index contributed by atoms with van der Waals surface area (Å²) in [5, 5.41) is 2.78. The molecule has 7 heteroatoms. The number of benzene rings is 2. The van der Waals surface area contributed by atoms with Gasteiger partial charge in [0, 0.05) is 29.8 Å². The molecule has 0 radical (unpaired) electrons. The van der Waals surface area contributed by atoms with Crippen LogP contribution in [-0.2, 0) is 32.3 Å². The van der Waals surface area contributed by atoms with E-state index in [-0.39, 0.29) is 40.8 Å². The first-order chi connectivity index (χ1) is 14.8. The Morgan fingerprint density at radius 1 is 1.13 bits per heavy atom. The van der Waals surface area contributed by atoms with Gasteiger partial charge in [-0.05, 0) is 74.1 Å². The van der Waals surface area contributed by atoms with Crippen molar-refractivity contribution in [3.8, 4) is 0 Å². The third-order valence-corrected chi connectivity index (χ3v) is 7.72. The van der Waals surface area contributed by atoms with Crippen molar-refractivity contribution in [3.05, 3.63) is 53.6 Å². The highest BCUT2D eigenvalue weighted by atomic mass is 32.2. The second-order valence-electron chi connectivity index (χ2n) is 8.50. The fourth-order valence-corrected chi connectivity index (χ4v) is 5.39. The third-order valence-electron chi connectivity index (χ3n) is 6.01. The molecular formula is C24H28N2O4S. The van der Waals surface area contributed by atoms with Crippen LogP contribution in [0.25, 0.3) is 0 Å². The summed E-state index contributed by atoms with van der Waals surface area (Å²) >= 11 is 0. The maximum Gasteiger partial charge on any atom is 0.230 e. The quantitative estimate of drug-likeness (QED) is 0.711. The van der Waals surface area contributed by atoms with Gasteiger partial charge in [-0.3, -0.25) is 9.59 Å². The first-order valence-corrected chi connectivity index (χ1v) is 12.5. The highest BCUT2D eigenvalue weighted by Crippen LogP contribution is 2.39. The zero-order valence-corrected chi connectivity index (χ0v) is 18.7. The Bertz CT molecular complexity index is 1120. The number of aryl methyl sites for hydroxylation is 1. The van der Waals surface area contributed by atoms with E-state index < -0.39 is 9.84 Å². The molecule has 1 atom stereocenters. The van der Waals surface area contributed by atoms with Crippen molar-refractivity contribution >= 4 is 33.0 Å². The molecule has 1 unspecified atom stereocenters. The van der Waals surface area contributed by atoms with Crippen LogP contribution in [0.3, 0.4) is 0 Å². The lowest BCUT2D eigenvalue weighted by Gasteiger charge is -2.22. The molecule has 31 heavy (non-hydrogen) atoms. The molecule has 0 aromatic heterocycles. The number of anilines is 2. The molecule has 2 aliphatic rings. The number of rotatable bonds is 7. The Hall–Kier alpha value is -2.67. The van der Waals surface area contributed by atoms with Gasteiger partial charge in [0.05, 0.1) is 10.6 Å². The summed E-state index contributed by atoms with van der Waals surface area (Å²) in [6, 6.07) is 12.5. The highest BCUT2D eigenvalue weighted by molar-refractivity contribution is 7.91. The first-order valence-electron chi connectivity index (χ1n) is 10.9. The molecule has 1 heterocycles. The molecule has 1 aliphatic carbocycles. The molecule has 1 aliphatic heterocycles. The SMILES string of the molecule is CCc1cccc(NC(=O)CCS(=O)(=O)c2ccc3c(c2)CC(C)N3C(=O)C2CC2)c1. The van der Waals surface area contributed by atoms with Crippen LogP contribution < -0.4 is 10.2 Å². The zero-order chi connectivity index (χ0) is 22.2. The smallest absolute Gasteiger partial charge is 0.230 e. The van der Waals surface area contributed by atoms with Crippen LogP contribution in [-0.4, -0.2) is 32.0 Å². The van der Waals surface area contributed by atoms with Crippen molar-refractivity contribution in [2.45, 2.75) is 56.9 Å². The summed E-state index contributed by atoms with van der Waals surface area (Å²) in [5.41, 5.74) is 3.47. The minimum absolute atomic E-state index is 0.0331. The Kier molecular flexibility index (Phi) is 5.88. The summed E-state index contributed by atoms with van der Waals surface area (Å²) in [7, 11) is -3.61. The maximum atomic E-state index is 12.8. The molecule has 6 nitrogen and oxygen atoms in total. The predicted molar refractivity (Wildman–Crippen MR) is 121 cm³/mol. The van der Waals surface area contributed by atoms with E-state index in [0.717, 1.165) is 36.1 Å². The number of nitrogens with zero attached hydrogens (tertiary/aromatic N) is 1. The minimum atomic E-state index is -3.61. The Balaban J connectivity index is 1.42. The zero-order valence-electron chi connectivity index (χ0n) is 17.9. The number of carbonyl (C=O) groups is 2. The molecule has 2 aromatic carbocycles. The number of sulfone groups is 1. The van der Waals surface area contributed by atoms with Gasteiger partial charge >= 0.3 is 0 Å². The van der Waals surface area contributed by atoms with Gasteiger partial charge < -0.3 is 10.2 Å². The van der Waals surface area contributed by atoms with Gasteiger partial charge in [0.1, 0.15) is 0 Å². The van der Waals surface area contributed by atoms with E-state index in [4.69, 9.17) is 0 Å². The van der Waals surface area contributed by atoms with Crippen LogP contribution in [0, 0.1) is 5.92 Å². The lowest BCUT2D eigenvalue weighted by Crippen LogP contribution is -2.36. The van der Waals surface area contributed by atoms with Crippen LogP contribution in [0.5, 0.6) is 0 Å². The predicted octanol–water partition coefficient (Wildman–Crippen LogP) is 3.74. The molecule has 0 bridgehead atoms. The van der Waals surface area contributed by atoms with Crippen molar-refractivity contribution in [1.29, 1.82) is 0 Å². The van der Waals surface area contributed by atoms with Crippen molar-refractivity contribution in [2.75, 3.05) is 16.0 Å². The maximum absolute atomic E-state index is 12.8. The lowest BCUT2D eigenvalue weighted by molar-refractivity contribution is -0.120. The Labute approximate surface area is 183 Å². The molecular weight excluding hydrogens is 412 g/mol. The van der Waals surface area contributed by atoms with E-state index in [1.165, 1.54) is 0 Å². The van der Waals surface area contributed by atoms with Crippen LogP contribution in [0.4, 0.5) is 11.4 Å². The monoisotopic (exact) mass is 440 g/mol. The molecule has 0 saturated heterocycles. The van der Waals surface area contributed by atoms with Crippen molar-refractivity contribution in [1.82, 2.24) is 0 Å². The van der Waals surface area contributed by atoms with Crippen LogP contribution in [0.2, 0.25) is 0 Å². The number of hydrogen-bond acceptors (Lipinski definition) is 4.